The summed E-state index contributed by atoms with van der Waals surface area (Å²) in [5.41, 5.74) is 2.60. The Labute approximate surface area is 170 Å². The maximum atomic E-state index is 12.6. The Morgan fingerprint density at radius 2 is 1.78 bits per heavy atom. The Balaban J connectivity index is 1.81. The maximum absolute atomic E-state index is 12.6. The molecule has 3 aromatic rings. The largest absolute Gasteiger partial charge is 0.478 e. The van der Waals surface area contributed by atoms with Crippen molar-refractivity contribution in [2.45, 2.75) is 13.3 Å². The summed E-state index contributed by atoms with van der Waals surface area (Å²) in [5, 5.41) is 14.6. The van der Waals surface area contributed by atoms with Crippen molar-refractivity contribution in [2.75, 3.05) is 5.32 Å². The van der Waals surface area contributed by atoms with Crippen LogP contribution in [0.3, 0.4) is 0 Å². The molecule has 0 spiro atoms. The lowest BCUT2D eigenvalue weighted by Gasteiger charge is -2.12. The quantitative estimate of drug-likeness (QED) is 0.513. The molecular formula is C21H18BrNO3S. The van der Waals surface area contributed by atoms with Crippen molar-refractivity contribution >= 4 is 44.1 Å². The lowest BCUT2D eigenvalue weighted by atomic mass is 10.0. The first kappa shape index (κ1) is 19.3. The zero-order valence-electron chi connectivity index (χ0n) is 14.6. The second-order valence-corrected chi connectivity index (χ2v) is 8.04. The van der Waals surface area contributed by atoms with Crippen LogP contribution in [0.4, 0.5) is 5.00 Å². The molecule has 0 aliphatic carbocycles. The van der Waals surface area contributed by atoms with Crippen LogP contribution in [0, 0.1) is 5.92 Å². The molecule has 0 aliphatic rings. The second kappa shape index (κ2) is 8.50. The summed E-state index contributed by atoms with van der Waals surface area (Å²) < 4.78 is 0.918. The van der Waals surface area contributed by atoms with E-state index in [9.17, 15) is 14.7 Å². The molecule has 0 saturated heterocycles. The first-order valence-corrected chi connectivity index (χ1v) is 10.1. The second-order valence-electron chi connectivity index (χ2n) is 6.25. The molecule has 138 valence electrons. The first-order chi connectivity index (χ1) is 13.0. The molecule has 1 heterocycles. The van der Waals surface area contributed by atoms with Gasteiger partial charge in [-0.3, -0.25) is 4.79 Å². The Morgan fingerprint density at radius 3 is 2.41 bits per heavy atom. The number of anilines is 1. The van der Waals surface area contributed by atoms with Gasteiger partial charge in [-0.1, -0.05) is 65.3 Å². The van der Waals surface area contributed by atoms with Gasteiger partial charge in [0.15, 0.2) is 0 Å². The lowest BCUT2D eigenvalue weighted by molar-refractivity contribution is -0.119. The van der Waals surface area contributed by atoms with Crippen LogP contribution in [-0.4, -0.2) is 17.0 Å². The van der Waals surface area contributed by atoms with Crippen LogP contribution in [0.25, 0.3) is 11.1 Å². The summed E-state index contributed by atoms with van der Waals surface area (Å²) in [6.45, 7) is 1.84. The normalized spacial score (nSPS) is 11.8. The van der Waals surface area contributed by atoms with Crippen LogP contribution in [0.15, 0.2) is 64.5 Å². The fourth-order valence-corrected chi connectivity index (χ4v) is 4.03. The fraction of sp³-hybridized carbons (Fsp3) is 0.143. The summed E-state index contributed by atoms with van der Waals surface area (Å²) in [5.74, 6) is -1.52. The third kappa shape index (κ3) is 4.64. The summed E-state index contributed by atoms with van der Waals surface area (Å²) in [4.78, 5) is 24.4. The van der Waals surface area contributed by atoms with Gasteiger partial charge in [-0.2, -0.15) is 0 Å². The number of carbonyl (C=O) groups is 2. The molecule has 0 fully saturated rings. The van der Waals surface area contributed by atoms with Crippen molar-refractivity contribution in [1.82, 2.24) is 0 Å². The number of thiophene rings is 1. The van der Waals surface area contributed by atoms with Crippen molar-refractivity contribution in [3.63, 3.8) is 0 Å². The topological polar surface area (TPSA) is 66.4 Å². The van der Waals surface area contributed by atoms with Gasteiger partial charge in [0, 0.05) is 21.3 Å². The predicted octanol–water partition coefficient (Wildman–Crippen LogP) is 5.69. The molecule has 1 amide bonds. The molecule has 1 unspecified atom stereocenters. The van der Waals surface area contributed by atoms with Gasteiger partial charge in [0.05, 0.1) is 0 Å². The van der Waals surface area contributed by atoms with E-state index in [-0.39, 0.29) is 17.4 Å². The number of hydrogen-bond acceptors (Lipinski definition) is 3. The van der Waals surface area contributed by atoms with Gasteiger partial charge < -0.3 is 10.4 Å². The molecule has 2 aromatic carbocycles. The summed E-state index contributed by atoms with van der Waals surface area (Å²) in [6.07, 6.45) is 0.597. The number of aromatic carboxylic acids is 1. The average Bonchev–Trinajstić information content (AvgIpc) is 3.07. The third-order valence-electron chi connectivity index (χ3n) is 4.23. The van der Waals surface area contributed by atoms with E-state index in [2.05, 4.69) is 21.2 Å². The van der Waals surface area contributed by atoms with Crippen LogP contribution < -0.4 is 5.32 Å². The Hall–Kier alpha value is -2.44. The standard InChI is InChI=1S/C21H18BrNO3S/c1-13(11-14-5-3-2-4-6-14)19(24)23-20-18(21(25)26)17(12-27-20)15-7-9-16(22)10-8-15/h2-10,12-13H,11H2,1H3,(H,23,24)(H,25,26). The molecule has 0 aliphatic heterocycles. The molecule has 0 radical (unpaired) electrons. The molecule has 2 N–H and O–H groups in total. The van der Waals surface area contributed by atoms with E-state index in [1.54, 1.807) is 5.38 Å². The van der Waals surface area contributed by atoms with E-state index in [0.29, 0.717) is 17.0 Å². The van der Waals surface area contributed by atoms with Gasteiger partial charge in [-0.05, 0) is 29.7 Å². The average molecular weight is 444 g/mol. The number of benzene rings is 2. The molecular weight excluding hydrogens is 426 g/mol. The van der Waals surface area contributed by atoms with Crippen LogP contribution in [0.1, 0.15) is 22.8 Å². The summed E-state index contributed by atoms with van der Waals surface area (Å²) in [7, 11) is 0. The van der Waals surface area contributed by atoms with E-state index < -0.39 is 5.97 Å². The minimum absolute atomic E-state index is 0.127. The zero-order chi connectivity index (χ0) is 19.4. The van der Waals surface area contributed by atoms with Crippen LogP contribution in [0.5, 0.6) is 0 Å². The van der Waals surface area contributed by atoms with Crippen molar-refractivity contribution < 1.29 is 14.7 Å². The monoisotopic (exact) mass is 443 g/mol. The molecule has 0 saturated carbocycles. The fourth-order valence-electron chi connectivity index (χ4n) is 2.80. The number of halogens is 1. The van der Waals surface area contributed by atoms with Gasteiger partial charge in [-0.25, -0.2) is 4.79 Å². The Morgan fingerprint density at radius 1 is 1.11 bits per heavy atom. The van der Waals surface area contributed by atoms with Crippen LogP contribution >= 0.6 is 27.3 Å². The SMILES string of the molecule is CC(Cc1ccccc1)C(=O)Nc1scc(-c2ccc(Br)cc2)c1C(=O)O. The molecule has 3 rings (SSSR count). The number of nitrogens with one attached hydrogen (secondary N) is 1. The van der Waals surface area contributed by atoms with Gasteiger partial charge in [0.2, 0.25) is 5.91 Å². The Kier molecular flexibility index (Phi) is 6.08. The smallest absolute Gasteiger partial charge is 0.339 e. The Bertz CT molecular complexity index is 951. The van der Waals surface area contributed by atoms with Crippen molar-refractivity contribution in [1.29, 1.82) is 0 Å². The van der Waals surface area contributed by atoms with Gasteiger partial charge in [-0.15, -0.1) is 11.3 Å². The van der Waals surface area contributed by atoms with E-state index >= 15 is 0 Å². The highest BCUT2D eigenvalue weighted by Crippen LogP contribution is 2.36. The summed E-state index contributed by atoms with van der Waals surface area (Å²) in [6, 6.07) is 17.2. The highest BCUT2D eigenvalue weighted by Gasteiger charge is 2.23. The van der Waals surface area contributed by atoms with Crippen molar-refractivity contribution in [2.24, 2.45) is 5.92 Å². The predicted molar refractivity (Wildman–Crippen MR) is 112 cm³/mol. The molecule has 1 aromatic heterocycles. The van der Waals surface area contributed by atoms with Gasteiger partial charge >= 0.3 is 5.97 Å². The highest BCUT2D eigenvalue weighted by atomic mass is 79.9. The van der Waals surface area contributed by atoms with Gasteiger partial charge in [0.25, 0.3) is 0 Å². The number of carboxylic acid groups (broad SMARTS) is 1. The molecule has 1 atom stereocenters. The van der Waals surface area contributed by atoms with Crippen molar-refractivity contribution in [3.05, 3.63) is 75.6 Å². The van der Waals surface area contributed by atoms with E-state index in [0.717, 1.165) is 15.6 Å². The third-order valence-corrected chi connectivity index (χ3v) is 5.65. The number of carboxylic acids is 1. The van der Waals surface area contributed by atoms with Crippen molar-refractivity contribution in [3.8, 4) is 11.1 Å². The molecule has 4 nitrogen and oxygen atoms in total. The van der Waals surface area contributed by atoms with E-state index in [1.165, 1.54) is 11.3 Å². The minimum Gasteiger partial charge on any atom is -0.478 e. The van der Waals surface area contributed by atoms with E-state index in [1.807, 2.05) is 61.5 Å². The van der Waals surface area contributed by atoms with Gasteiger partial charge in [0.1, 0.15) is 10.6 Å². The highest BCUT2D eigenvalue weighted by molar-refractivity contribution is 9.10. The lowest BCUT2D eigenvalue weighted by Crippen LogP contribution is -2.22. The number of amides is 1. The maximum Gasteiger partial charge on any atom is 0.339 e. The van der Waals surface area contributed by atoms with Crippen LogP contribution in [0.2, 0.25) is 0 Å². The number of rotatable bonds is 6. The molecule has 27 heavy (non-hydrogen) atoms. The molecule has 0 bridgehead atoms. The van der Waals surface area contributed by atoms with E-state index in [4.69, 9.17) is 0 Å². The summed E-state index contributed by atoms with van der Waals surface area (Å²) >= 11 is 4.61. The number of hydrogen-bond donors (Lipinski definition) is 2. The number of carbonyl (C=O) groups excluding carboxylic acids is 1. The first-order valence-electron chi connectivity index (χ1n) is 8.41. The minimum atomic E-state index is -1.06. The zero-order valence-corrected chi connectivity index (χ0v) is 17.0. The van der Waals surface area contributed by atoms with Crippen LogP contribution in [-0.2, 0) is 11.2 Å². The molecule has 6 heteroatoms.